The molecule has 2 aromatic rings. The van der Waals surface area contributed by atoms with E-state index in [0.29, 0.717) is 19.1 Å². The number of hydrogen-bond acceptors (Lipinski definition) is 6. The fraction of sp³-hybridized carbons (Fsp3) is 0.412. The van der Waals surface area contributed by atoms with E-state index in [1.165, 1.54) is 0 Å². The molecule has 1 aliphatic heterocycles. The van der Waals surface area contributed by atoms with Crippen LogP contribution in [0.3, 0.4) is 0 Å². The number of benzene rings is 1. The number of rotatable bonds is 7. The molecule has 3 rings (SSSR count). The van der Waals surface area contributed by atoms with Crippen molar-refractivity contribution in [1.29, 1.82) is 0 Å². The lowest BCUT2D eigenvalue weighted by Crippen LogP contribution is -2.33. The molecule has 0 bridgehead atoms. The zero-order valence-corrected chi connectivity index (χ0v) is 13.1. The maximum absolute atomic E-state index is 9.42. The molecular weight excluding hydrogens is 292 g/mol. The van der Waals surface area contributed by atoms with Gasteiger partial charge in [-0.25, -0.2) is 4.98 Å². The smallest absolute Gasteiger partial charge is 0.227 e. The number of ether oxygens (including phenoxy) is 1. The van der Waals surface area contributed by atoms with E-state index in [4.69, 9.17) is 4.74 Å². The fourth-order valence-corrected chi connectivity index (χ4v) is 2.74. The van der Waals surface area contributed by atoms with Crippen LogP contribution in [0.4, 0.5) is 11.8 Å². The quantitative estimate of drug-likeness (QED) is 0.761. The summed E-state index contributed by atoms with van der Waals surface area (Å²) in [4.78, 5) is 10.9. The topological polar surface area (TPSA) is 70.5 Å². The molecule has 23 heavy (non-hydrogen) atoms. The summed E-state index contributed by atoms with van der Waals surface area (Å²) < 4.78 is 5.64. The van der Waals surface area contributed by atoms with Gasteiger partial charge < -0.3 is 20.1 Å². The highest BCUT2D eigenvalue weighted by Gasteiger charge is 2.25. The number of aromatic nitrogens is 2. The highest BCUT2D eigenvalue weighted by Crippen LogP contribution is 2.22. The SMILES string of the molecule is OCC1CCCN1c1nccc(NCCOc2ccccc2)n1. The number of anilines is 2. The van der Waals surface area contributed by atoms with E-state index in [1.807, 2.05) is 36.4 Å². The maximum Gasteiger partial charge on any atom is 0.227 e. The first kappa shape index (κ1) is 15.6. The Morgan fingerprint density at radius 1 is 1.26 bits per heavy atom. The third-order valence-corrected chi connectivity index (χ3v) is 3.91. The molecule has 6 nitrogen and oxygen atoms in total. The van der Waals surface area contributed by atoms with Gasteiger partial charge in [0.25, 0.3) is 0 Å². The zero-order chi connectivity index (χ0) is 15.9. The Hall–Kier alpha value is -2.34. The second kappa shape index (κ2) is 7.78. The monoisotopic (exact) mass is 314 g/mol. The van der Waals surface area contributed by atoms with Crippen LogP contribution < -0.4 is 15.0 Å². The summed E-state index contributed by atoms with van der Waals surface area (Å²) in [6.45, 7) is 2.26. The summed E-state index contributed by atoms with van der Waals surface area (Å²) in [5.74, 6) is 2.31. The third kappa shape index (κ3) is 4.10. The second-order valence-corrected chi connectivity index (χ2v) is 5.50. The van der Waals surface area contributed by atoms with Gasteiger partial charge in [-0.3, -0.25) is 0 Å². The number of para-hydroxylation sites is 1. The first-order valence-electron chi connectivity index (χ1n) is 7.99. The molecular formula is C17H22N4O2. The molecule has 2 heterocycles. The van der Waals surface area contributed by atoms with E-state index in [0.717, 1.165) is 31.0 Å². The van der Waals surface area contributed by atoms with Gasteiger partial charge in [-0.05, 0) is 31.0 Å². The largest absolute Gasteiger partial charge is 0.492 e. The van der Waals surface area contributed by atoms with E-state index in [-0.39, 0.29) is 12.6 Å². The van der Waals surface area contributed by atoms with Crippen molar-refractivity contribution in [2.75, 3.05) is 36.5 Å². The van der Waals surface area contributed by atoms with Gasteiger partial charge in [-0.15, -0.1) is 0 Å². The lowest BCUT2D eigenvalue weighted by molar-refractivity contribution is 0.265. The molecule has 1 fully saturated rings. The van der Waals surface area contributed by atoms with Gasteiger partial charge in [-0.1, -0.05) is 18.2 Å². The van der Waals surface area contributed by atoms with Crippen LogP contribution >= 0.6 is 0 Å². The summed E-state index contributed by atoms with van der Waals surface area (Å²) in [6, 6.07) is 11.7. The second-order valence-electron chi connectivity index (χ2n) is 5.50. The average molecular weight is 314 g/mol. The first-order valence-corrected chi connectivity index (χ1v) is 7.99. The van der Waals surface area contributed by atoms with Crippen molar-refractivity contribution in [2.24, 2.45) is 0 Å². The van der Waals surface area contributed by atoms with Crippen LogP contribution in [-0.4, -0.2) is 47.4 Å². The molecule has 0 radical (unpaired) electrons. The van der Waals surface area contributed by atoms with Gasteiger partial charge in [0, 0.05) is 12.7 Å². The summed E-state index contributed by atoms with van der Waals surface area (Å²) in [7, 11) is 0. The normalized spacial score (nSPS) is 17.3. The van der Waals surface area contributed by atoms with Crippen molar-refractivity contribution in [3.63, 3.8) is 0 Å². The van der Waals surface area contributed by atoms with Gasteiger partial charge in [0.1, 0.15) is 18.2 Å². The van der Waals surface area contributed by atoms with E-state index >= 15 is 0 Å². The molecule has 0 aliphatic carbocycles. The Labute approximate surface area is 136 Å². The van der Waals surface area contributed by atoms with Crippen LogP contribution in [0, 0.1) is 0 Å². The van der Waals surface area contributed by atoms with E-state index < -0.39 is 0 Å². The highest BCUT2D eigenvalue weighted by molar-refractivity contribution is 5.42. The molecule has 2 N–H and O–H groups in total. The summed E-state index contributed by atoms with van der Waals surface area (Å²) in [6.07, 6.45) is 3.80. The summed E-state index contributed by atoms with van der Waals surface area (Å²) in [5.41, 5.74) is 0. The minimum absolute atomic E-state index is 0.131. The van der Waals surface area contributed by atoms with Gasteiger partial charge in [-0.2, -0.15) is 4.98 Å². The van der Waals surface area contributed by atoms with Crippen LogP contribution in [0.25, 0.3) is 0 Å². The lowest BCUT2D eigenvalue weighted by Gasteiger charge is -2.23. The Balaban J connectivity index is 1.51. The Kier molecular flexibility index (Phi) is 5.26. The molecule has 1 aromatic heterocycles. The van der Waals surface area contributed by atoms with E-state index in [1.54, 1.807) is 6.20 Å². The van der Waals surface area contributed by atoms with Crippen molar-refractivity contribution < 1.29 is 9.84 Å². The van der Waals surface area contributed by atoms with Crippen LogP contribution in [0.2, 0.25) is 0 Å². The van der Waals surface area contributed by atoms with Crippen LogP contribution in [0.1, 0.15) is 12.8 Å². The minimum Gasteiger partial charge on any atom is -0.492 e. The highest BCUT2D eigenvalue weighted by atomic mass is 16.5. The number of hydrogen-bond donors (Lipinski definition) is 2. The lowest BCUT2D eigenvalue weighted by atomic mass is 10.2. The minimum atomic E-state index is 0.131. The van der Waals surface area contributed by atoms with Crippen LogP contribution in [0.15, 0.2) is 42.6 Å². The number of aliphatic hydroxyl groups excluding tert-OH is 1. The van der Waals surface area contributed by atoms with Gasteiger partial charge in [0.05, 0.1) is 19.2 Å². The average Bonchev–Trinajstić information content (AvgIpc) is 3.09. The molecule has 1 atom stereocenters. The predicted molar refractivity (Wildman–Crippen MR) is 89.9 cm³/mol. The number of nitrogens with one attached hydrogen (secondary N) is 1. The summed E-state index contributed by atoms with van der Waals surface area (Å²) in [5, 5.41) is 12.7. The molecule has 122 valence electrons. The van der Waals surface area contributed by atoms with Crippen LogP contribution in [0.5, 0.6) is 5.75 Å². The first-order chi connectivity index (χ1) is 11.4. The molecule has 1 aromatic carbocycles. The molecule has 1 saturated heterocycles. The fourth-order valence-electron chi connectivity index (χ4n) is 2.74. The Bertz CT molecular complexity index is 609. The third-order valence-electron chi connectivity index (χ3n) is 3.91. The molecule has 6 heteroatoms. The standard InChI is InChI=1S/C17H22N4O2/c22-13-14-5-4-11-21(14)17-19-9-8-16(20-17)18-10-12-23-15-6-2-1-3-7-15/h1-3,6-9,14,22H,4-5,10-13H2,(H,18,19,20). The molecule has 0 amide bonds. The maximum atomic E-state index is 9.42. The van der Waals surface area contributed by atoms with Crippen molar-refractivity contribution in [3.05, 3.63) is 42.6 Å². The van der Waals surface area contributed by atoms with Crippen molar-refractivity contribution in [3.8, 4) is 5.75 Å². The van der Waals surface area contributed by atoms with Crippen molar-refractivity contribution in [2.45, 2.75) is 18.9 Å². The van der Waals surface area contributed by atoms with Crippen molar-refractivity contribution in [1.82, 2.24) is 9.97 Å². The van der Waals surface area contributed by atoms with Gasteiger partial charge in [0.2, 0.25) is 5.95 Å². The molecule has 1 aliphatic rings. The Morgan fingerprint density at radius 2 is 2.13 bits per heavy atom. The van der Waals surface area contributed by atoms with E-state index in [9.17, 15) is 5.11 Å². The van der Waals surface area contributed by atoms with Gasteiger partial charge >= 0.3 is 0 Å². The van der Waals surface area contributed by atoms with Gasteiger partial charge in [0.15, 0.2) is 0 Å². The van der Waals surface area contributed by atoms with E-state index in [2.05, 4.69) is 20.2 Å². The van der Waals surface area contributed by atoms with Crippen LogP contribution in [-0.2, 0) is 0 Å². The molecule has 1 unspecified atom stereocenters. The summed E-state index contributed by atoms with van der Waals surface area (Å²) >= 11 is 0. The predicted octanol–water partition coefficient (Wildman–Crippen LogP) is 1.93. The van der Waals surface area contributed by atoms with Crippen molar-refractivity contribution >= 4 is 11.8 Å². The zero-order valence-electron chi connectivity index (χ0n) is 13.1. The number of aliphatic hydroxyl groups is 1. The molecule has 0 spiro atoms. The number of nitrogens with zero attached hydrogens (tertiary/aromatic N) is 3. The molecule has 0 saturated carbocycles. The Morgan fingerprint density at radius 3 is 2.96 bits per heavy atom.